The maximum absolute atomic E-state index is 6.06. The molecule has 1 aromatic heterocycles. The fraction of sp³-hybridized carbons (Fsp3) is 0.769. The van der Waals surface area contributed by atoms with Gasteiger partial charge in [-0.1, -0.05) is 0 Å². The van der Waals surface area contributed by atoms with Crippen LogP contribution in [0.1, 0.15) is 20.3 Å². The van der Waals surface area contributed by atoms with Crippen LogP contribution in [0.5, 0.6) is 0 Å². The summed E-state index contributed by atoms with van der Waals surface area (Å²) in [4.78, 5) is 19.6. The van der Waals surface area contributed by atoms with Gasteiger partial charge in [0, 0.05) is 32.2 Å². The van der Waals surface area contributed by atoms with Crippen molar-refractivity contribution in [3.8, 4) is 0 Å². The van der Waals surface area contributed by atoms with Crippen molar-refractivity contribution in [1.82, 2.24) is 19.9 Å². The molecule has 1 fully saturated rings. The quantitative estimate of drug-likeness (QED) is 0.821. The highest BCUT2D eigenvalue weighted by atomic mass is 35.5. The van der Waals surface area contributed by atoms with Crippen LogP contribution in [0.3, 0.4) is 0 Å². The zero-order chi connectivity index (χ0) is 14.7. The molecule has 7 heteroatoms. The summed E-state index contributed by atoms with van der Waals surface area (Å²) in [6.07, 6.45) is 1.12. The lowest BCUT2D eigenvalue weighted by molar-refractivity contribution is 0.315. The van der Waals surface area contributed by atoms with Gasteiger partial charge in [0.05, 0.1) is 0 Å². The maximum Gasteiger partial charge on any atom is 0.231 e. The number of aromatic nitrogens is 3. The minimum absolute atomic E-state index is 0.269. The summed E-state index contributed by atoms with van der Waals surface area (Å²) >= 11 is 6.06. The SMILES string of the molecule is CCN(CC)c1nc(Cl)nc(N2CCC(N(C)C)C2)n1. The van der Waals surface area contributed by atoms with Crippen LogP contribution in [0.15, 0.2) is 0 Å². The molecule has 0 aromatic carbocycles. The van der Waals surface area contributed by atoms with E-state index < -0.39 is 0 Å². The second-order valence-corrected chi connectivity index (χ2v) is 5.57. The van der Waals surface area contributed by atoms with Crippen LogP contribution in [0.25, 0.3) is 0 Å². The van der Waals surface area contributed by atoms with Crippen LogP contribution in [0.2, 0.25) is 5.28 Å². The zero-order valence-corrected chi connectivity index (χ0v) is 13.4. The molecule has 0 amide bonds. The summed E-state index contributed by atoms with van der Waals surface area (Å²) in [5, 5.41) is 0.269. The van der Waals surface area contributed by atoms with E-state index in [-0.39, 0.29) is 5.28 Å². The number of rotatable bonds is 5. The van der Waals surface area contributed by atoms with Crippen molar-refractivity contribution in [2.75, 3.05) is 50.1 Å². The van der Waals surface area contributed by atoms with E-state index in [1.807, 2.05) is 0 Å². The number of nitrogens with zero attached hydrogens (tertiary/aromatic N) is 6. The Morgan fingerprint density at radius 3 is 2.45 bits per heavy atom. The summed E-state index contributed by atoms with van der Waals surface area (Å²) < 4.78 is 0. The minimum Gasteiger partial charge on any atom is -0.341 e. The van der Waals surface area contributed by atoms with Crippen molar-refractivity contribution >= 4 is 23.5 Å². The van der Waals surface area contributed by atoms with Gasteiger partial charge in [-0.3, -0.25) is 0 Å². The molecule has 1 atom stereocenters. The van der Waals surface area contributed by atoms with E-state index in [1.54, 1.807) is 0 Å². The Kier molecular flexibility index (Phi) is 4.99. The molecule has 0 saturated carbocycles. The molecular weight excluding hydrogens is 276 g/mol. The van der Waals surface area contributed by atoms with E-state index in [2.05, 4.69) is 57.6 Å². The van der Waals surface area contributed by atoms with Crippen LogP contribution >= 0.6 is 11.6 Å². The highest BCUT2D eigenvalue weighted by molar-refractivity contribution is 6.28. The highest BCUT2D eigenvalue weighted by Gasteiger charge is 2.26. The predicted octanol–water partition coefficient (Wildman–Crippen LogP) is 1.51. The number of hydrogen-bond donors (Lipinski definition) is 0. The summed E-state index contributed by atoms with van der Waals surface area (Å²) in [5.74, 6) is 1.36. The van der Waals surface area contributed by atoms with Gasteiger partial charge in [-0.25, -0.2) is 0 Å². The molecule has 1 unspecified atom stereocenters. The molecule has 2 rings (SSSR count). The van der Waals surface area contributed by atoms with Crippen molar-refractivity contribution in [2.24, 2.45) is 0 Å². The molecule has 0 radical (unpaired) electrons. The third-order valence-corrected chi connectivity index (χ3v) is 3.98. The molecule has 1 saturated heterocycles. The van der Waals surface area contributed by atoms with Crippen molar-refractivity contribution in [1.29, 1.82) is 0 Å². The van der Waals surface area contributed by atoms with Gasteiger partial charge in [0.15, 0.2) is 0 Å². The average Bonchev–Trinajstić information content (AvgIpc) is 2.89. The monoisotopic (exact) mass is 298 g/mol. The van der Waals surface area contributed by atoms with Crippen molar-refractivity contribution in [3.63, 3.8) is 0 Å². The minimum atomic E-state index is 0.269. The highest BCUT2D eigenvalue weighted by Crippen LogP contribution is 2.22. The second-order valence-electron chi connectivity index (χ2n) is 5.23. The molecule has 0 spiro atoms. The van der Waals surface area contributed by atoms with Crippen LogP contribution in [0.4, 0.5) is 11.9 Å². The van der Waals surface area contributed by atoms with Gasteiger partial charge < -0.3 is 14.7 Å². The molecule has 0 N–H and O–H groups in total. The maximum atomic E-state index is 6.06. The number of likely N-dealkylation sites (N-methyl/N-ethyl adjacent to an activating group) is 1. The Morgan fingerprint density at radius 2 is 1.90 bits per heavy atom. The van der Waals surface area contributed by atoms with Gasteiger partial charge in [0.2, 0.25) is 17.2 Å². The first-order valence-corrected chi connectivity index (χ1v) is 7.50. The van der Waals surface area contributed by atoms with Gasteiger partial charge >= 0.3 is 0 Å². The van der Waals surface area contributed by atoms with E-state index in [4.69, 9.17) is 11.6 Å². The lowest BCUT2D eigenvalue weighted by Crippen LogP contribution is -2.32. The van der Waals surface area contributed by atoms with Crippen molar-refractivity contribution < 1.29 is 0 Å². The molecule has 0 aliphatic carbocycles. The molecule has 1 aliphatic heterocycles. The van der Waals surface area contributed by atoms with E-state index in [9.17, 15) is 0 Å². The van der Waals surface area contributed by atoms with E-state index in [1.165, 1.54) is 0 Å². The number of hydrogen-bond acceptors (Lipinski definition) is 6. The lowest BCUT2D eigenvalue weighted by atomic mass is 10.2. The Labute approximate surface area is 125 Å². The Bertz CT molecular complexity index is 448. The van der Waals surface area contributed by atoms with Gasteiger partial charge in [-0.2, -0.15) is 15.0 Å². The molecule has 1 aromatic rings. The molecular formula is C13H23ClN6. The van der Waals surface area contributed by atoms with Crippen LogP contribution in [0, 0.1) is 0 Å². The van der Waals surface area contributed by atoms with Gasteiger partial charge in [-0.05, 0) is 46.0 Å². The van der Waals surface area contributed by atoms with E-state index >= 15 is 0 Å². The van der Waals surface area contributed by atoms with E-state index in [0.29, 0.717) is 17.9 Å². The van der Waals surface area contributed by atoms with E-state index in [0.717, 1.165) is 32.6 Å². The first-order valence-electron chi connectivity index (χ1n) is 7.13. The fourth-order valence-electron chi connectivity index (χ4n) is 2.46. The van der Waals surface area contributed by atoms with Gasteiger partial charge in [-0.15, -0.1) is 0 Å². The Hall–Kier alpha value is -1.14. The average molecular weight is 299 g/mol. The summed E-state index contributed by atoms with van der Waals surface area (Å²) in [6, 6.07) is 0.544. The van der Waals surface area contributed by atoms with Crippen LogP contribution in [-0.4, -0.2) is 66.2 Å². The second kappa shape index (κ2) is 6.54. The normalized spacial score (nSPS) is 18.9. The first kappa shape index (κ1) is 15.3. The topological polar surface area (TPSA) is 48.4 Å². The Balaban J connectivity index is 2.20. The van der Waals surface area contributed by atoms with Gasteiger partial charge in [0.25, 0.3) is 0 Å². The largest absolute Gasteiger partial charge is 0.341 e. The third-order valence-electron chi connectivity index (χ3n) is 3.81. The van der Waals surface area contributed by atoms with Crippen LogP contribution in [-0.2, 0) is 0 Å². The molecule has 20 heavy (non-hydrogen) atoms. The van der Waals surface area contributed by atoms with Crippen LogP contribution < -0.4 is 9.80 Å². The molecule has 1 aliphatic rings. The summed E-state index contributed by atoms with van der Waals surface area (Å²) in [6.45, 7) is 7.77. The third kappa shape index (κ3) is 3.30. The molecule has 112 valence electrons. The predicted molar refractivity (Wildman–Crippen MR) is 82.7 cm³/mol. The smallest absolute Gasteiger partial charge is 0.231 e. The summed E-state index contributed by atoms with van der Waals surface area (Å²) in [5.41, 5.74) is 0. The fourth-order valence-corrected chi connectivity index (χ4v) is 2.61. The molecule has 6 nitrogen and oxygen atoms in total. The standard InChI is InChI=1S/C13H23ClN6/c1-5-19(6-2)12-15-11(14)16-13(17-12)20-8-7-10(9-20)18(3)4/h10H,5-9H2,1-4H3. The molecule has 2 heterocycles. The zero-order valence-electron chi connectivity index (χ0n) is 12.7. The Morgan fingerprint density at radius 1 is 1.20 bits per heavy atom. The van der Waals surface area contributed by atoms with Crippen molar-refractivity contribution in [2.45, 2.75) is 26.3 Å². The summed E-state index contributed by atoms with van der Waals surface area (Å²) in [7, 11) is 4.21. The lowest BCUT2D eigenvalue weighted by Gasteiger charge is -2.22. The molecule has 0 bridgehead atoms. The van der Waals surface area contributed by atoms with Gasteiger partial charge in [0.1, 0.15) is 0 Å². The number of anilines is 2. The number of halogens is 1. The first-order chi connectivity index (χ1) is 9.55. The van der Waals surface area contributed by atoms with Crippen molar-refractivity contribution in [3.05, 3.63) is 5.28 Å².